The Morgan fingerprint density at radius 1 is 1.38 bits per heavy atom. The largest absolute Gasteiger partial charge is 0.497 e. The minimum atomic E-state index is -0.192. The summed E-state index contributed by atoms with van der Waals surface area (Å²) in [5.41, 5.74) is 0.486. The van der Waals surface area contributed by atoms with Crippen LogP contribution in [0, 0.1) is 0 Å². The summed E-state index contributed by atoms with van der Waals surface area (Å²) in [5, 5.41) is 4.03. The minimum Gasteiger partial charge on any atom is -0.497 e. The molecule has 0 unspecified atom stereocenters. The molecule has 0 N–H and O–H groups in total. The Kier molecular flexibility index (Phi) is 3.05. The summed E-state index contributed by atoms with van der Waals surface area (Å²) < 4.78 is 7.06. The first-order valence-corrected chi connectivity index (χ1v) is 5.39. The maximum absolute atomic E-state index is 11.7. The van der Waals surface area contributed by atoms with E-state index in [9.17, 15) is 4.79 Å². The van der Waals surface area contributed by atoms with E-state index in [0.717, 1.165) is 0 Å². The van der Waals surface area contributed by atoms with Crippen molar-refractivity contribution in [1.82, 2.24) is 9.78 Å². The van der Waals surface area contributed by atoms with Crippen LogP contribution in [0.1, 0.15) is 0 Å². The lowest BCUT2D eigenvalue weighted by Gasteiger charge is -2.05. The average Bonchev–Trinajstić information content (AvgIpc) is 2.29. The van der Waals surface area contributed by atoms with Gasteiger partial charge in [0.1, 0.15) is 5.75 Å². The number of ether oxygens (including phenoxy) is 1. The molecule has 2 aromatic rings. The fourth-order valence-corrected chi connectivity index (χ4v) is 1.61. The molecule has 0 radical (unpaired) electrons. The van der Waals surface area contributed by atoms with Gasteiger partial charge in [0.2, 0.25) is 0 Å². The number of rotatable bonds is 2. The highest BCUT2D eigenvalue weighted by molar-refractivity contribution is 9.10. The number of aromatic nitrogens is 2. The van der Waals surface area contributed by atoms with Crippen LogP contribution in [0.2, 0.25) is 0 Å². The van der Waals surface area contributed by atoms with E-state index in [1.807, 2.05) is 12.1 Å². The third-order valence-corrected chi connectivity index (χ3v) is 2.50. The molecule has 0 saturated heterocycles. The summed E-state index contributed by atoms with van der Waals surface area (Å²) in [6, 6.07) is 8.64. The molecular formula is C11H9BrN2O2. The summed E-state index contributed by atoms with van der Waals surface area (Å²) >= 11 is 3.20. The second kappa shape index (κ2) is 4.49. The van der Waals surface area contributed by atoms with Gasteiger partial charge in [0.05, 0.1) is 19.0 Å². The molecule has 0 aliphatic rings. The van der Waals surface area contributed by atoms with Crippen LogP contribution in [-0.2, 0) is 0 Å². The topological polar surface area (TPSA) is 44.1 Å². The van der Waals surface area contributed by atoms with Gasteiger partial charge in [0.15, 0.2) is 0 Å². The molecule has 1 heterocycles. The molecule has 0 atom stereocenters. The standard InChI is InChI=1S/C11H9BrN2O2/c1-16-10-4-2-3-9(6-10)14-11(15)5-8(12)7-13-14/h2-7H,1H3. The lowest BCUT2D eigenvalue weighted by atomic mass is 10.3. The zero-order valence-corrected chi connectivity index (χ0v) is 10.1. The predicted molar refractivity (Wildman–Crippen MR) is 64.1 cm³/mol. The molecule has 0 bridgehead atoms. The molecule has 0 aliphatic carbocycles. The summed E-state index contributed by atoms with van der Waals surface area (Å²) in [5.74, 6) is 0.689. The molecule has 0 saturated carbocycles. The molecule has 5 heteroatoms. The van der Waals surface area contributed by atoms with Gasteiger partial charge in [-0.25, -0.2) is 0 Å². The summed E-state index contributed by atoms with van der Waals surface area (Å²) in [6.45, 7) is 0. The third-order valence-electron chi connectivity index (χ3n) is 2.06. The summed E-state index contributed by atoms with van der Waals surface area (Å²) in [7, 11) is 1.58. The van der Waals surface area contributed by atoms with Crippen LogP contribution in [0.4, 0.5) is 0 Å². The van der Waals surface area contributed by atoms with Gasteiger partial charge in [-0.15, -0.1) is 0 Å². The van der Waals surface area contributed by atoms with Crippen molar-refractivity contribution in [1.29, 1.82) is 0 Å². The van der Waals surface area contributed by atoms with Gasteiger partial charge in [-0.3, -0.25) is 4.79 Å². The van der Waals surface area contributed by atoms with Gasteiger partial charge < -0.3 is 4.74 Å². The molecule has 0 amide bonds. The summed E-state index contributed by atoms with van der Waals surface area (Å²) in [4.78, 5) is 11.7. The van der Waals surface area contributed by atoms with E-state index in [4.69, 9.17) is 4.74 Å². The third kappa shape index (κ3) is 2.14. The molecule has 1 aromatic carbocycles. The van der Waals surface area contributed by atoms with E-state index in [2.05, 4.69) is 21.0 Å². The molecule has 0 aliphatic heterocycles. The van der Waals surface area contributed by atoms with Crippen molar-refractivity contribution in [2.45, 2.75) is 0 Å². The molecule has 16 heavy (non-hydrogen) atoms. The second-order valence-corrected chi connectivity index (χ2v) is 4.04. The SMILES string of the molecule is COc1cccc(-n2ncc(Br)cc2=O)c1. The van der Waals surface area contributed by atoms with Crippen molar-refractivity contribution in [2.75, 3.05) is 7.11 Å². The Morgan fingerprint density at radius 2 is 2.19 bits per heavy atom. The van der Waals surface area contributed by atoms with Crippen LogP contribution in [0.15, 0.2) is 45.8 Å². The predicted octanol–water partition coefficient (Wildman–Crippen LogP) is 2.00. The van der Waals surface area contributed by atoms with Crippen LogP contribution in [0.25, 0.3) is 5.69 Å². The summed E-state index contributed by atoms with van der Waals surface area (Å²) in [6.07, 6.45) is 1.57. The average molecular weight is 281 g/mol. The molecule has 4 nitrogen and oxygen atoms in total. The Balaban J connectivity index is 2.54. The smallest absolute Gasteiger partial charge is 0.272 e. The van der Waals surface area contributed by atoms with Crippen LogP contribution in [0.5, 0.6) is 5.75 Å². The van der Waals surface area contributed by atoms with Crippen LogP contribution in [-0.4, -0.2) is 16.9 Å². The van der Waals surface area contributed by atoms with Crippen molar-refractivity contribution >= 4 is 15.9 Å². The highest BCUT2D eigenvalue weighted by Crippen LogP contribution is 2.14. The molecule has 1 aromatic heterocycles. The van der Waals surface area contributed by atoms with E-state index in [1.165, 1.54) is 10.7 Å². The van der Waals surface area contributed by atoms with Crippen LogP contribution in [0.3, 0.4) is 0 Å². The van der Waals surface area contributed by atoms with Crippen molar-refractivity contribution in [3.8, 4) is 11.4 Å². The van der Waals surface area contributed by atoms with Gasteiger partial charge in [-0.1, -0.05) is 6.07 Å². The Hall–Kier alpha value is -1.62. The number of nitrogens with zero attached hydrogens (tertiary/aromatic N) is 2. The van der Waals surface area contributed by atoms with Crippen LogP contribution >= 0.6 is 15.9 Å². The maximum Gasteiger partial charge on any atom is 0.272 e. The number of benzene rings is 1. The first-order chi connectivity index (χ1) is 7.70. The molecule has 0 spiro atoms. The van der Waals surface area contributed by atoms with Gasteiger partial charge in [-0.2, -0.15) is 9.78 Å². The highest BCUT2D eigenvalue weighted by Gasteiger charge is 2.02. The molecule has 0 fully saturated rings. The normalized spacial score (nSPS) is 10.1. The van der Waals surface area contributed by atoms with Gasteiger partial charge in [-0.05, 0) is 28.1 Å². The maximum atomic E-state index is 11.7. The highest BCUT2D eigenvalue weighted by atomic mass is 79.9. The minimum absolute atomic E-state index is 0.192. The number of halogens is 1. The fraction of sp³-hybridized carbons (Fsp3) is 0.0909. The zero-order chi connectivity index (χ0) is 11.5. The van der Waals surface area contributed by atoms with Crippen molar-refractivity contribution in [3.05, 3.63) is 51.4 Å². The lowest BCUT2D eigenvalue weighted by molar-refractivity contribution is 0.414. The Labute approximate surface area is 101 Å². The fourth-order valence-electron chi connectivity index (χ4n) is 1.32. The van der Waals surface area contributed by atoms with Gasteiger partial charge in [0.25, 0.3) is 5.56 Å². The Morgan fingerprint density at radius 3 is 2.88 bits per heavy atom. The number of methoxy groups -OCH3 is 1. The van der Waals surface area contributed by atoms with E-state index in [0.29, 0.717) is 15.9 Å². The van der Waals surface area contributed by atoms with E-state index in [-0.39, 0.29) is 5.56 Å². The van der Waals surface area contributed by atoms with Gasteiger partial charge in [0, 0.05) is 16.6 Å². The molecular weight excluding hydrogens is 272 g/mol. The first kappa shape index (κ1) is 10.9. The Bertz CT molecular complexity index is 566. The van der Waals surface area contributed by atoms with Crippen molar-refractivity contribution in [2.24, 2.45) is 0 Å². The zero-order valence-electron chi connectivity index (χ0n) is 8.55. The van der Waals surface area contributed by atoms with E-state index in [1.54, 1.807) is 25.4 Å². The van der Waals surface area contributed by atoms with Gasteiger partial charge >= 0.3 is 0 Å². The molecule has 2 rings (SSSR count). The first-order valence-electron chi connectivity index (χ1n) is 4.60. The van der Waals surface area contributed by atoms with Crippen molar-refractivity contribution in [3.63, 3.8) is 0 Å². The second-order valence-electron chi connectivity index (χ2n) is 3.13. The monoisotopic (exact) mass is 280 g/mol. The number of hydrogen-bond donors (Lipinski definition) is 0. The molecule has 82 valence electrons. The number of hydrogen-bond acceptors (Lipinski definition) is 3. The quantitative estimate of drug-likeness (QED) is 0.845. The van der Waals surface area contributed by atoms with E-state index < -0.39 is 0 Å². The van der Waals surface area contributed by atoms with E-state index >= 15 is 0 Å². The lowest BCUT2D eigenvalue weighted by Crippen LogP contribution is -2.19. The van der Waals surface area contributed by atoms with Crippen LogP contribution < -0.4 is 10.3 Å². The van der Waals surface area contributed by atoms with Crippen molar-refractivity contribution < 1.29 is 4.74 Å².